The maximum atomic E-state index is 6.65. The van der Waals surface area contributed by atoms with E-state index in [0.29, 0.717) is 17.5 Å². The minimum atomic E-state index is -0.243. The number of benzene rings is 6. The first-order chi connectivity index (χ1) is 24.8. The SMILES string of the molecule is C1=C(c2cccc3c2oc2ccccc23)C=C(c2nc(-c3ccccc3)nc(-c3ccc(-c4ccccc4)cc3)n2)C2c3ccccc3OC12. The molecule has 0 saturated carbocycles. The Morgan fingerprint density at radius 3 is 1.88 bits per heavy atom. The summed E-state index contributed by atoms with van der Waals surface area (Å²) in [5, 5.41) is 2.18. The number of furan rings is 1. The van der Waals surface area contributed by atoms with Gasteiger partial charge in [-0.05, 0) is 41.0 Å². The van der Waals surface area contributed by atoms with Gasteiger partial charge in [-0.1, -0.05) is 140 Å². The number of aromatic nitrogens is 3. The van der Waals surface area contributed by atoms with E-state index in [1.807, 2.05) is 66.7 Å². The van der Waals surface area contributed by atoms with Gasteiger partial charge < -0.3 is 9.15 Å². The predicted octanol–water partition coefficient (Wildman–Crippen LogP) is 10.8. The number of allylic oxidation sites excluding steroid dienone is 2. The topological polar surface area (TPSA) is 61.0 Å². The van der Waals surface area contributed by atoms with Crippen LogP contribution in [0.25, 0.3) is 67.0 Å². The van der Waals surface area contributed by atoms with Gasteiger partial charge >= 0.3 is 0 Å². The van der Waals surface area contributed by atoms with Gasteiger partial charge in [0.2, 0.25) is 0 Å². The molecular weight excluding hydrogens is 615 g/mol. The van der Waals surface area contributed by atoms with Gasteiger partial charge in [0.15, 0.2) is 17.5 Å². The lowest BCUT2D eigenvalue weighted by atomic mass is 9.80. The molecule has 50 heavy (non-hydrogen) atoms. The Kier molecular flexibility index (Phi) is 6.56. The van der Waals surface area contributed by atoms with E-state index in [4.69, 9.17) is 24.1 Å². The fraction of sp³-hybridized carbons (Fsp3) is 0.0444. The fourth-order valence-electron chi connectivity index (χ4n) is 7.33. The first kappa shape index (κ1) is 28.4. The van der Waals surface area contributed by atoms with Crippen LogP contribution in [0.4, 0.5) is 0 Å². The van der Waals surface area contributed by atoms with Crippen molar-refractivity contribution in [2.75, 3.05) is 0 Å². The molecule has 0 bridgehead atoms. The predicted molar refractivity (Wildman–Crippen MR) is 199 cm³/mol. The molecular formula is C45H29N3O2. The van der Waals surface area contributed by atoms with Crippen LogP contribution in [0.2, 0.25) is 0 Å². The van der Waals surface area contributed by atoms with Crippen LogP contribution in [0.5, 0.6) is 5.75 Å². The van der Waals surface area contributed by atoms with Crippen molar-refractivity contribution in [2.45, 2.75) is 12.0 Å². The second kappa shape index (κ2) is 11.5. The van der Waals surface area contributed by atoms with E-state index >= 15 is 0 Å². The van der Waals surface area contributed by atoms with Crippen molar-refractivity contribution in [2.24, 2.45) is 0 Å². The van der Waals surface area contributed by atoms with E-state index in [1.54, 1.807) is 0 Å². The molecule has 3 heterocycles. The average molecular weight is 644 g/mol. The lowest BCUT2D eigenvalue weighted by Crippen LogP contribution is -2.22. The summed E-state index contributed by atoms with van der Waals surface area (Å²) in [6, 6.07) is 51.7. The molecule has 0 spiro atoms. The van der Waals surface area contributed by atoms with Gasteiger partial charge in [-0.2, -0.15) is 0 Å². The highest BCUT2D eigenvalue weighted by atomic mass is 16.5. The Morgan fingerprint density at radius 2 is 1.08 bits per heavy atom. The summed E-state index contributed by atoms with van der Waals surface area (Å²) in [7, 11) is 0. The molecule has 5 heteroatoms. The van der Waals surface area contributed by atoms with Crippen LogP contribution < -0.4 is 4.74 Å². The number of ether oxygens (including phenoxy) is 1. The maximum Gasteiger partial charge on any atom is 0.164 e. The minimum absolute atomic E-state index is 0.0934. The highest BCUT2D eigenvalue weighted by Gasteiger charge is 2.40. The monoisotopic (exact) mass is 643 g/mol. The van der Waals surface area contributed by atoms with Crippen molar-refractivity contribution in [1.82, 2.24) is 15.0 Å². The molecule has 1 aliphatic heterocycles. The van der Waals surface area contributed by atoms with Gasteiger partial charge in [-0.3, -0.25) is 0 Å². The van der Waals surface area contributed by atoms with E-state index in [1.165, 1.54) is 0 Å². The smallest absolute Gasteiger partial charge is 0.164 e. The second-order valence-corrected chi connectivity index (χ2v) is 12.7. The van der Waals surface area contributed by atoms with Crippen LogP contribution in [0, 0.1) is 0 Å². The summed E-state index contributed by atoms with van der Waals surface area (Å²) in [4.78, 5) is 15.4. The van der Waals surface area contributed by atoms with Gasteiger partial charge in [-0.25, -0.2) is 15.0 Å². The number of fused-ring (bicyclic) bond motifs is 6. The lowest BCUT2D eigenvalue weighted by molar-refractivity contribution is 0.272. The molecule has 1 aliphatic carbocycles. The Hall–Kier alpha value is -6.59. The molecule has 0 saturated heterocycles. The second-order valence-electron chi connectivity index (χ2n) is 12.7. The molecule has 10 rings (SSSR count). The number of hydrogen-bond acceptors (Lipinski definition) is 5. The van der Waals surface area contributed by atoms with E-state index < -0.39 is 0 Å². The Balaban J connectivity index is 1.17. The van der Waals surface area contributed by atoms with Gasteiger partial charge in [0.05, 0.1) is 5.92 Å². The van der Waals surface area contributed by atoms with E-state index in [-0.39, 0.29) is 12.0 Å². The summed E-state index contributed by atoms with van der Waals surface area (Å²) in [6.07, 6.45) is 4.20. The lowest BCUT2D eigenvalue weighted by Gasteiger charge is -2.25. The van der Waals surface area contributed by atoms with E-state index in [2.05, 4.69) is 97.1 Å². The maximum absolute atomic E-state index is 6.65. The summed E-state index contributed by atoms with van der Waals surface area (Å²) in [5.74, 6) is 2.65. The Morgan fingerprint density at radius 1 is 0.480 bits per heavy atom. The van der Waals surface area contributed by atoms with Crippen LogP contribution in [0.1, 0.15) is 22.9 Å². The van der Waals surface area contributed by atoms with Gasteiger partial charge in [0, 0.05) is 38.6 Å². The largest absolute Gasteiger partial charge is 0.485 e. The summed E-state index contributed by atoms with van der Waals surface area (Å²) in [5.41, 5.74) is 9.98. The number of nitrogens with zero attached hydrogens (tertiary/aromatic N) is 3. The Labute approximate surface area is 288 Å². The fourth-order valence-corrected chi connectivity index (χ4v) is 7.33. The van der Waals surface area contributed by atoms with E-state index in [9.17, 15) is 0 Å². The first-order valence-electron chi connectivity index (χ1n) is 16.8. The number of hydrogen-bond donors (Lipinski definition) is 0. The molecule has 2 aromatic heterocycles. The molecule has 0 fully saturated rings. The molecule has 6 aromatic carbocycles. The minimum Gasteiger partial charge on any atom is -0.485 e. The van der Waals surface area contributed by atoms with Gasteiger partial charge in [0.1, 0.15) is 23.0 Å². The van der Waals surface area contributed by atoms with Crippen LogP contribution in [-0.4, -0.2) is 21.1 Å². The van der Waals surface area contributed by atoms with E-state index in [0.717, 1.165) is 72.2 Å². The highest BCUT2D eigenvalue weighted by molar-refractivity contribution is 6.09. The standard InChI is InChI=1S/C45H29N3O2/c1-3-12-28(13-4-1)29-22-24-31(25-23-29)44-46-43(30-14-5-2-6-15-30)47-45(48-44)37-26-32(27-40-41(37)36-17-8-10-21-39(36)49-40)33-18-11-19-35-34-16-7-9-20-38(34)50-42(33)35/h1-27,40-41H. The van der Waals surface area contributed by atoms with Crippen molar-refractivity contribution in [3.8, 4) is 39.7 Å². The number of rotatable bonds is 5. The van der Waals surface area contributed by atoms with Crippen molar-refractivity contribution < 1.29 is 9.15 Å². The normalized spacial score (nSPS) is 16.4. The van der Waals surface area contributed by atoms with Gasteiger partial charge in [-0.15, -0.1) is 0 Å². The molecule has 236 valence electrons. The van der Waals surface area contributed by atoms with Crippen LogP contribution in [0.15, 0.2) is 168 Å². The first-order valence-corrected chi connectivity index (χ1v) is 16.8. The molecule has 2 atom stereocenters. The molecule has 0 radical (unpaired) electrons. The quantitative estimate of drug-likeness (QED) is 0.187. The highest BCUT2D eigenvalue weighted by Crippen LogP contribution is 2.50. The zero-order valence-electron chi connectivity index (χ0n) is 26.9. The third-order valence-electron chi connectivity index (χ3n) is 9.73. The van der Waals surface area contributed by atoms with Crippen LogP contribution in [-0.2, 0) is 0 Å². The van der Waals surface area contributed by atoms with Crippen molar-refractivity contribution in [3.05, 3.63) is 181 Å². The van der Waals surface area contributed by atoms with Gasteiger partial charge in [0.25, 0.3) is 0 Å². The third kappa shape index (κ3) is 4.74. The van der Waals surface area contributed by atoms with Crippen molar-refractivity contribution >= 4 is 33.1 Å². The van der Waals surface area contributed by atoms with Crippen molar-refractivity contribution in [1.29, 1.82) is 0 Å². The Bertz CT molecular complexity index is 2620. The summed E-state index contributed by atoms with van der Waals surface area (Å²) < 4.78 is 13.1. The molecule has 2 unspecified atom stereocenters. The number of para-hydroxylation sites is 3. The molecule has 0 amide bonds. The zero-order chi connectivity index (χ0) is 33.0. The zero-order valence-corrected chi connectivity index (χ0v) is 26.9. The molecule has 5 nitrogen and oxygen atoms in total. The molecule has 2 aliphatic rings. The van der Waals surface area contributed by atoms with Crippen LogP contribution in [0.3, 0.4) is 0 Å². The average Bonchev–Trinajstić information content (AvgIpc) is 3.77. The summed E-state index contributed by atoms with van der Waals surface area (Å²) in [6.45, 7) is 0. The summed E-state index contributed by atoms with van der Waals surface area (Å²) >= 11 is 0. The molecule has 0 N–H and O–H groups in total. The molecule has 8 aromatic rings. The van der Waals surface area contributed by atoms with Crippen molar-refractivity contribution in [3.63, 3.8) is 0 Å². The third-order valence-corrected chi connectivity index (χ3v) is 9.73. The van der Waals surface area contributed by atoms with Crippen LogP contribution >= 0.6 is 0 Å².